The summed E-state index contributed by atoms with van der Waals surface area (Å²) in [5.41, 5.74) is 0. The molecule has 1 saturated heterocycles. The Kier molecular flexibility index (Phi) is 4.74. The van der Waals surface area contributed by atoms with Gasteiger partial charge in [0.25, 0.3) is 0 Å². The van der Waals surface area contributed by atoms with E-state index in [4.69, 9.17) is 10.2 Å². The summed E-state index contributed by atoms with van der Waals surface area (Å²) >= 11 is 0. The lowest BCUT2D eigenvalue weighted by Gasteiger charge is -2.39. The van der Waals surface area contributed by atoms with Gasteiger partial charge < -0.3 is 20.4 Å². The highest BCUT2D eigenvalue weighted by Gasteiger charge is 2.31. The number of nitrogens with zero attached hydrogens (tertiary/aromatic N) is 1. The van der Waals surface area contributed by atoms with Gasteiger partial charge in [-0.05, 0) is 33.1 Å². The lowest BCUT2D eigenvalue weighted by molar-refractivity contribution is -0.140. The predicted molar refractivity (Wildman–Crippen MR) is 61.7 cm³/mol. The van der Waals surface area contributed by atoms with E-state index in [0.29, 0.717) is 0 Å². The van der Waals surface area contributed by atoms with E-state index in [0.717, 1.165) is 19.3 Å². The summed E-state index contributed by atoms with van der Waals surface area (Å²) in [5.74, 6) is -1.22. The van der Waals surface area contributed by atoms with Crippen LogP contribution >= 0.6 is 0 Å². The summed E-state index contributed by atoms with van der Waals surface area (Å²) in [4.78, 5) is 24.3. The van der Waals surface area contributed by atoms with E-state index in [2.05, 4.69) is 5.32 Å². The molecule has 6 nitrogen and oxygen atoms in total. The number of hydrogen-bond donors (Lipinski definition) is 3. The number of rotatable bonds is 3. The second-order valence-corrected chi connectivity index (χ2v) is 4.56. The number of carboxylic acid groups (broad SMARTS) is 1. The second kappa shape index (κ2) is 5.86. The van der Waals surface area contributed by atoms with Gasteiger partial charge in [-0.15, -0.1) is 0 Å². The number of likely N-dealkylation sites (tertiary alicyclic amines) is 1. The fourth-order valence-corrected chi connectivity index (χ4v) is 2.23. The lowest BCUT2D eigenvalue weighted by atomic mass is 9.98. The van der Waals surface area contributed by atoms with Crippen molar-refractivity contribution < 1.29 is 19.8 Å². The fourth-order valence-electron chi connectivity index (χ4n) is 2.23. The minimum atomic E-state index is -1.23. The Hall–Kier alpha value is -1.30. The average Bonchev–Trinajstić information content (AvgIpc) is 2.25. The van der Waals surface area contributed by atoms with Crippen LogP contribution in [0.15, 0.2) is 0 Å². The molecule has 0 unspecified atom stereocenters. The van der Waals surface area contributed by atoms with Gasteiger partial charge in [-0.25, -0.2) is 9.59 Å². The van der Waals surface area contributed by atoms with Crippen LogP contribution in [0.4, 0.5) is 4.79 Å². The van der Waals surface area contributed by atoms with E-state index in [1.165, 1.54) is 0 Å². The van der Waals surface area contributed by atoms with Gasteiger partial charge in [0, 0.05) is 12.1 Å². The van der Waals surface area contributed by atoms with Gasteiger partial charge >= 0.3 is 12.0 Å². The van der Waals surface area contributed by atoms with Gasteiger partial charge in [-0.1, -0.05) is 0 Å². The maximum absolute atomic E-state index is 11.9. The Labute approximate surface area is 101 Å². The first kappa shape index (κ1) is 13.8. The number of urea groups is 1. The van der Waals surface area contributed by atoms with Crippen LogP contribution in [0, 0.1) is 0 Å². The minimum absolute atomic E-state index is 0.104. The molecule has 0 aromatic rings. The number of aliphatic hydroxyl groups excluding tert-OH is 1. The normalized spacial score (nSPS) is 26.4. The largest absolute Gasteiger partial charge is 0.480 e. The zero-order chi connectivity index (χ0) is 13.0. The molecule has 1 heterocycles. The summed E-state index contributed by atoms with van der Waals surface area (Å²) in [6.45, 7) is 3.30. The predicted octanol–water partition coefficient (Wildman–Crippen LogP) is 0.404. The summed E-state index contributed by atoms with van der Waals surface area (Å²) < 4.78 is 0. The monoisotopic (exact) mass is 244 g/mol. The Morgan fingerprint density at radius 3 is 2.29 bits per heavy atom. The molecule has 0 bridgehead atoms. The highest BCUT2D eigenvalue weighted by Crippen LogP contribution is 2.22. The first-order valence-corrected chi connectivity index (χ1v) is 5.89. The quantitative estimate of drug-likeness (QED) is 0.670. The van der Waals surface area contributed by atoms with Crippen LogP contribution in [0.25, 0.3) is 0 Å². The Balaban J connectivity index is 2.64. The lowest BCUT2D eigenvalue weighted by Crippen LogP contribution is -2.56. The third-order valence-corrected chi connectivity index (χ3v) is 3.21. The van der Waals surface area contributed by atoms with Crippen molar-refractivity contribution in [2.24, 2.45) is 0 Å². The van der Waals surface area contributed by atoms with Crippen molar-refractivity contribution in [1.29, 1.82) is 0 Å². The van der Waals surface area contributed by atoms with E-state index in [1.54, 1.807) is 4.90 Å². The molecule has 1 aliphatic rings. The number of amides is 2. The van der Waals surface area contributed by atoms with Gasteiger partial charge in [0.05, 0.1) is 6.61 Å². The number of carbonyl (C=O) groups excluding carboxylic acids is 1. The molecular formula is C11H20N2O4. The number of carboxylic acids is 1. The molecule has 1 aliphatic heterocycles. The van der Waals surface area contributed by atoms with E-state index in [9.17, 15) is 9.59 Å². The maximum atomic E-state index is 11.9. The third-order valence-electron chi connectivity index (χ3n) is 3.21. The first-order valence-electron chi connectivity index (χ1n) is 5.89. The van der Waals surface area contributed by atoms with E-state index in [1.807, 2.05) is 13.8 Å². The second-order valence-electron chi connectivity index (χ2n) is 4.56. The van der Waals surface area contributed by atoms with Crippen molar-refractivity contribution in [2.75, 3.05) is 6.61 Å². The topological polar surface area (TPSA) is 89.9 Å². The molecule has 6 heteroatoms. The number of nitrogens with one attached hydrogen (secondary N) is 1. The highest BCUT2D eigenvalue weighted by molar-refractivity contribution is 5.83. The van der Waals surface area contributed by atoms with Crippen LogP contribution in [0.5, 0.6) is 0 Å². The van der Waals surface area contributed by atoms with Crippen LogP contribution in [0.3, 0.4) is 0 Å². The van der Waals surface area contributed by atoms with Crippen LogP contribution in [0.1, 0.15) is 33.1 Å². The van der Waals surface area contributed by atoms with Crippen LogP contribution in [-0.4, -0.2) is 51.8 Å². The highest BCUT2D eigenvalue weighted by atomic mass is 16.4. The zero-order valence-electron chi connectivity index (χ0n) is 10.2. The van der Waals surface area contributed by atoms with Crippen molar-refractivity contribution in [3.05, 3.63) is 0 Å². The van der Waals surface area contributed by atoms with Crippen molar-refractivity contribution in [2.45, 2.75) is 51.2 Å². The molecule has 0 spiro atoms. The molecule has 0 aromatic heterocycles. The molecule has 0 aliphatic carbocycles. The number of aliphatic hydroxyl groups is 1. The van der Waals surface area contributed by atoms with Crippen molar-refractivity contribution >= 4 is 12.0 Å². The first-order chi connectivity index (χ1) is 7.97. The molecule has 0 saturated carbocycles. The molecule has 3 atom stereocenters. The van der Waals surface area contributed by atoms with Crippen molar-refractivity contribution in [1.82, 2.24) is 10.2 Å². The molecule has 0 aromatic carbocycles. The number of piperidine rings is 1. The van der Waals surface area contributed by atoms with E-state index in [-0.39, 0.29) is 12.1 Å². The Morgan fingerprint density at radius 1 is 1.35 bits per heavy atom. The molecule has 98 valence electrons. The number of carbonyl (C=O) groups is 2. The van der Waals surface area contributed by atoms with Gasteiger partial charge in [0.2, 0.25) is 0 Å². The average molecular weight is 244 g/mol. The van der Waals surface area contributed by atoms with E-state index < -0.39 is 24.6 Å². The molecule has 0 radical (unpaired) electrons. The SMILES string of the molecule is C[C@@H]1CCC[C@H](C)N1C(=O)N[C@@H](CO)C(=O)O. The van der Waals surface area contributed by atoms with E-state index >= 15 is 0 Å². The van der Waals surface area contributed by atoms with Crippen LogP contribution < -0.4 is 5.32 Å². The van der Waals surface area contributed by atoms with Crippen LogP contribution in [0.2, 0.25) is 0 Å². The maximum Gasteiger partial charge on any atom is 0.328 e. The smallest absolute Gasteiger partial charge is 0.328 e. The van der Waals surface area contributed by atoms with Crippen LogP contribution in [-0.2, 0) is 4.79 Å². The number of aliphatic carboxylic acids is 1. The summed E-state index contributed by atoms with van der Waals surface area (Å²) in [7, 11) is 0. The van der Waals surface area contributed by atoms with Gasteiger partial charge in [0.15, 0.2) is 6.04 Å². The summed E-state index contributed by atoms with van der Waals surface area (Å²) in [5, 5.41) is 20.0. The molecule has 1 fully saturated rings. The van der Waals surface area contributed by atoms with Gasteiger partial charge in [-0.2, -0.15) is 0 Å². The summed E-state index contributed by atoms with van der Waals surface area (Å²) in [6.07, 6.45) is 2.93. The third kappa shape index (κ3) is 3.33. The minimum Gasteiger partial charge on any atom is -0.480 e. The zero-order valence-corrected chi connectivity index (χ0v) is 10.2. The Morgan fingerprint density at radius 2 is 1.88 bits per heavy atom. The van der Waals surface area contributed by atoms with Gasteiger partial charge in [-0.3, -0.25) is 0 Å². The number of hydrogen-bond acceptors (Lipinski definition) is 3. The van der Waals surface area contributed by atoms with Gasteiger partial charge in [0.1, 0.15) is 0 Å². The fraction of sp³-hybridized carbons (Fsp3) is 0.818. The van der Waals surface area contributed by atoms with Crippen molar-refractivity contribution in [3.63, 3.8) is 0 Å². The molecule has 2 amide bonds. The Bertz CT molecular complexity index is 285. The summed E-state index contributed by atoms with van der Waals surface area (Å²) in [6, 6.07) is -1.44. The molecule has 1 rings (SSSR count). The molecule has 3 N–H and O–H groups in total. The van der Waals surface area contributed by atoms with Crippen molar-refractivity contribution in [3.8, 4) is 0 Å². The molecule has 17 heavy (non-hydrogen) atoms. The standard InChI is InChI=1S/C11H20N2O4/c1-7-4-3-5-8(2)13(7)11(17)12-9(6-14)10(15)16/h7-9,14H,3-6H2,1-2H3,(H,12,17)(H,15,16)/t7-,8+,9-/m0/s1. The molecular weight excluding hydrogens is 224 g/mol.